The highest BCUT2D eigenvalue weighted by atomic mass is 16.5. The zero-order valence-electron chi connectivity index (χ0n) is 15.2. The highest BCUT2D eigenvalue weighted by Gasteiger charge is 2.27. The van der Waals surface area contributed by atoms with Gasteiger partial charge in [0, 0.05) is 48.4 Å². The van der Waals surface area contributed by atoms with Crippen molar-refractivity contribution < 1.29 is 14.3 Å². The second-order valence-corrected chi connectivity index (χ2v) is 7.23. The molecule has 0 radical (unpaired) electrons. The molecule has 2 N–H and O–H groups in total. The Morgan fingerprint density at radius 2 is 1.74 bits per heavy atom. The average Bonchev–Trinajstić information content (AvgIpc) is 3.43. The van der Waals surface area contributed by atoms with Gasteiger partial charge >= 0.3 is 6.03 Å². The van der Waals surface area contributed by atoms with Crippen molar-refractivity contribution in [3.8, 4) is 11.5 Å². The van der Waals surface area contributed by atoms with Crippen LogP contribution in [0.3, 0.4) is 0 Å². The van der Waals surface area contributed by atoms with E-state index in [2.05, 4.69) is 27.7 Å². The van der Waals surface area contributed by atoms with Gasteiger partial charge in [-0.2, -0.15) is 0 Å². The maximum absolute atomic E-state index is 12.6. The maximum Gasteiger partial charge on any atom is 0.323 e. The van der Waals surface area contributed by atoms with Gasteiger partial charge in [-0.25, -0.2) is 4.79 Å². The Hall–Kier alpha value is -2.89. The van der Waals surface area contributed by atoms with Crippen LogP contribution in [0.15, 0.2) is 30.3 Å². The molecule has 3 aliphatic heterocycles. The van der Waals surface area contributed by atoms with Gasteiger partial charge in [-0.3, -0.25) is 0 Å². The number of hydrogen-bond donors (Lipinski definition) is 2. The Balaban J connectivity index is 1.31. The molecule has 0 unspecified atom stereocenters. The number of carbonyl (C=O) groups is 1. The largest absolute Gasteiger partial charge is 0.493 e. The fourth-order valence-corrected chi connectivity index (χ4v) is 4.12. The quantitative estimate of drug-likeness (QED) is 0.868. The Morgan fingerprint density at radius 3 is 2.56 bits per heavy atom. The molecule has 0 spiro atoms. The summed E-state index contributed by atoms with van der Waals surface area (Å²) in [5.41, 5.74) is 4.86. The Labute approximate surface area is 158 Å². The maximum atomic E-state index is 12.6. The Kier molecular flexibility index (Phi) is 4.03. The SMILES string of the molecule is O=C(Nc1ccc(N2CCCC2)cc1)Nc1c2c(cc3c1OCC3)OCC2. The summed E-state index contributed by atoms with van der Waals surface area (Å²) in [5.74, 6) is 1.66. The summed E-state index contributed by atoms with van der Waals surface area (Å²) < 4.78 is 11.5. The fraction of sp³-hybridized carbons (Fsp3) is 0.381. The molecule has 6 nitrogen and oxygen atoms in total. The summed E-state index contributed by atoms with van der Waals surface area (Å²) in [6.07, 6.45) is 4.13. The lowest BCUT2D eigenvalue weighted by atomic mass is 10.0. The zero-order chi connectivity index (χ0) is 18.2. The van der Waals surface area contributed by atoms with Gasteiger partial charge < -0.3 is 25.0 Å². The third-order valence-corrected chi connectivity index (χ3v) is 5.49. The van der Waals surface area contributed by atoms with Gasteiger partial charge in [-0.1, -0.05) is 0 Å². The molecule has 1 fully saturated rings. The molecule has 0 aromatic heterocycles. The summed E-state index contributed by atoms with van der Waals surface area (Å²) in [4.78, 5) is 15.0. The number of nitrogens with zero attached hydrogens (tertiary/aromatic N) is 1. The van der Waals surface area contributed by atoms with Gasteiger partial charge in [-0.05, 0) is 43.2 Å². The van der Waals surface area contributed by atoms with Crippen LogP contribution in [0, 0.1) is 0 Å². The van der Waals surface area contributed by atoms with Crippen molar-refractivity contribution in [3.63, 3.8) is 0 Å². The minimum Gasteiger partial charge on any atom is -0.493 e. The molecule has 3 heterocycles. The van der Waals surface area contributed by atoms with Gasteiger partial charge in [0.2, 0.25) is 0 Å². The standard InChI is InChI=1S/C21H23N3O3/c25-21(22-15-3-5-16(6-4-15)24-9-1-2-10-24)23-19-17-8-12-26-18(17)13-14-7-11-27-20(14)19/h3-6,13H,1-2,7-12H2,(H2,22,23,25). The van der Waals surface area contributed by atoms with E-state index in [9.17, 15) is 4.79 Å². The third-order valence-electron chi connectivity index (χ3n) is 5.49. The number of anilines is 3. The molecule has 2 aromatic carbocycles. The van der Waals surface area contributed by atoms with Crippen molar-refractivity contribution in [2.75, 3.05) is 41.8 Å². The summed E-state index contributed by atoms with van der Waals surface area (Å²) in [6.45, 7) is 3.51. The molecule has 6 heteroatoms. The van der Waals surface area contributed by atoms with Crippen molar-refractivity contribution in [2.24, 2.45) is 0 Å². The van der Waals surface area contributed by atoms with Gasteiger partial charge in [0.1, 0.15) is 11.5 Å². The molecule has 2 aromatic rings. The van der Waals surface area contributed by atoms with E-state index in [-0.39, 0.29) is 6.03 Å². The van der Waals surface area contributed by atoms with Gasteiger partial charge in [0.25, 0.3) is 0 Å². The second kappa shape index (κ2) is 6.68. The van der Waals surface area contributed by atoms with E-state index < -0.39 is 0 Å². The molecule has 0 aliphatic carbocycles. The van der Waals surface area contributed by atoms with E-state index in [0.717, 1.165) is 59.9 Å². The number of rotatable bonds is 3. The summed E-state index contributed by atoms with van der Waals surface area (Å²) >= 11 is 0. The molecule has 140 valence electrons. The number of hydrogen-bond acceptors (Lipinski definition) is 4. The van der Waals surface area contributed by atoms with Crippen molar-refractivity contribution in [3.05, 3.63) is 41.5 Å². The van der Waals surface area contributed by atoms with Gasteiger partial charge in [-0.15, -0.1) is 0 Å². The van der Waals surface area contributed by atoms with Crippen LogP contribution in [-0.4, -0.2) is 32.3 Å². The van der Waals surface area contributed by atoms with E-state index >= 15 is 0 Å². The predicted octanol–water partition coefficient (Wildman–Crippen LogP) is 3.80. The minimum absolute atomic E-state index is 0.262. The van der Waals surface area contributed by atoms with Crippen molar-refractivity contribution in [1.82, 2.24) is 0 Å². The number of amides is 2. The molecule has 0 atom stereocenters. The smallest absolute Gasteiger partial charge is 0.323 e. The van der Waals surface area contributed by atoms with E-state index in [0.29, 0.717) is 13.2 Å². The lowest BCUT2D eigenvalue weighted by Gasteiger charge is -2.18. The first-order valence-corrected chi connectivity index (χ1v) is 9.65. The van der Waals surface area contributed by atoms with Crippen LogP contribution in [-0.2, 0) is 12.8 Å². The van der Waals surface area contributed by atoms with Crippen LogP contribution in [0.25, 0.3) is 0 Å². The Morgan fingerprint density at radius 1 is 0.963 bits per heavy atom. The van der Waals surface area contributed by atoms with Crippen LogP contribution in [0.5, 0.6) is 11.5 Å². The van der Waals surface area contributed by atoms with Crippen LogP contribution in [0.2, 0.25) is 0 Å². The fourth-order valence-electron chi connectivity index (χ4n) is 4.12. The van der Waals surface area contributed by atoms with Crippen molar-refractivity contribution in [1.29, 1.82) is 0 Å². The summed E-state index contributed by atoms with van der Waals surface area (Å²) in [5, 5.41) is 5.92. The van der Waals surface area contributed by atoms with Crippen molar-refractivity contribution >= 4 is 23.1 Å². The molecule has 5 rings (SSSR count). The highest BCUT2D eigenvalue weighted by molar-refractivity contribution is 6.02. The van der Waals surface area contributed by atoms with Gasteiger partial charge in [0.15, 0.2) is 0 Å². The number of benzene rings is 2. The van der Waals surface area contributed by atoms with E-state index in [4.69, 9.17) is 9.47 Å². The first kappa shape index (κ1) is 16.3. The number of carbonyl (C=O) groups excluding carboxylic acids is 1. The van der Waals surface area contributed by atoms with Crippen LogP contribution in [0.4, 0.5) is 21.9 Å². The van der Waals surface area contributed by atoms with Crippen molar-refractivity contribution in [2.45, 2.75) is 25.7 Å². The van der Waals surface area contributed by atoms with Crippen LogP contribution in [0.1, 0.15) is 24.0 Å². The first-order chi connectivity index (χ1) is 13.3. The van der Waals surface area contributed by atoms with E-state index in [1.54, 1.807) is 0 Å². The summed E-state index contributed by atoms with van der Waals surface area (Å²) in [6, 6.07) is 9.82. The topological polar surface area (TPSA) is 62.8 Å². The number of ether oxygens (including phenoxy) is 2. The first-order valence-electron chi connectivity index (χ1n) is 9.65. The molecule has 3 aliphatic rings. The minimum atomic E-state index is -0.262. The van der Waals surface area contributed by atoms with Crippen LogP contribution >= 0.6 is 0 Å². The lowest BCUT2D eigenvalue weighted by molar-refractivity contribution is 0.262. The molecule has 0 bridgehead atoms. The third kappa shape index (κ3) is 3.05. The van der Waals surface area contributed by atoms with E-state index in [1.807, 2.05) is 18.2 Å². The monoisotopic (exact) mass is 365 g/mol. The molecule has 27 heavy (non-hydrogen) atoms. The molecule has 0 saturated carbocycles. The number of fused-ring (bicyclic) bond motifs is 2. The van der Waals surface area contributed by atoms with Crippen LogP contribution < -0.4 is 25.0 Å². The molecule has 2 amide bonds. The molecular weight excluding hydrogens is 342 g/mol. The number of nitrogens with one attached hydrogen (secondary N) is 2. The normalized spacial score (nSPS) is 17.1. The number of urea groups is 1. The van der Waals surface area contributed by atoms with E-state index in [1.165, 1.54) is 18.5 Å². The average molecular weight is 365 g/mol. The van der Waals surface area contributed by atoms with Gasteiger partial charge in [0.05, 0.1) is 18.9 Å². The Bertz CT molecular complexity index is 841. The summed E-state index contributed by atoms with van der Waals surface area (Å²) in [7, 11) is 0. The second-order valence-electron chi connectivity index (χ2n) is 7.23. The predicted molar refractivity (Wildman–Crippen MR) is 105 cm³/mol. The zero-order valence-corrected chi connectivity index (χ0v) is 15.2. The lowest BCUT2D eigenvalue weighted by Crippen LogP contribution is -2.21. The molecule has 1 saturated heterocycles. The molecular formula is C21H23N3O3. The highest BCUT2D eigenvalue weighted by Crippen LogP contribution is 2.44.